The van der Waals surface area contributed by atoms with Crippen LogP contribution in [0.15, 0.2) is 50.6 Å². The first-order chi connectivity index (χ1) is 12.2. The summed E-state index contributed by atoms with van der Waals surface area (Å²) < 4.78 is 35.9. The van der Waals surface area contributed by atoms with Gasteiger partial charge in [0.15, 0.2) is 0 Å². The van der Waals surface area contributed by atoms with Crippen LogP contribution in [0.25, 0.3) is 10.2 Å². The zero-order valence-corrected chi connectivity index (χ0v) is 17.5. The summed E-state index contributed by atoms with van der Waals surface area (Å²) in [5.74, 6) is 0.546. The molecule has 1 N–H and O–H groups in total. The summed E-state index contributed by atoms with van der Waals surface area (Å²) >= 11 is 4.39. The van der Waals surface area contributed by atoms with Crippen LogP contribution in [0.4, 0.5) is 5.69 Å². The van der Waals surface area contributed by atoms with Crippen LogP contribution in [-0.2, 0) is 10.0 Å². The van der Waals surface area contributed by atoms with Crippen LogP contribution in [0.3, 0.4) is 0 Å². The molecule has 0 saturated heterocycles. The van der Waals surface area contributed by atoms with Gasteiger partial charge in [0.05, 0.1) is 32.4 Å². The summed E-state index contributed by atoms with van der Waals surface area (Å²) in [7, 11) is -2.25. The van der Waals surface area contributed by atoms with Gasteiger partial charge in [0.1, 0.15) is 5.75 Å². The number of nitrogens with zero attached hydrogens (tertiary/aromatic N) is 1. The van der Waals surface area contributed by atoms with Crippen molar-refractivity contribution >= 4 is 53.2 Å². The molecule has 0 atom stereocenters. The molecule has 0 amide bonds. The van der Waals surface area contributed by atoms with E-state index in [1.54, 1.807) is 28.8 Å². The zero-order chi connectivity index (χ0) is 19.1. The van der Waals surface area contributed by atoms with Crippen LogP contribution >= 0.6 is 27.3 Å². The largest absolute Gasteiger partial charge is 0.496 e. The minimum atomic E-state index is -3.76. The lowest BCUT2D eigenvalue weighted by Gasteiger charge is -2.11. The minimum Gasteiger partial charge on any atom is -0.496 e. The summed E-state index contributed by atoms with van der Waals surface area (Å²) in [5.41, 5.74) is 1.20. The van der Waals surface area contributed by atoms with Crippen LogP contribution in [-0.4, -0.2) is 20.1 Å². The number of sulfonamides is 1. The number of rotatable bonds is 5. The Hall–Kier alpha value is -1.84. The molecular weight excluding hydrogens is 440 g/mol. The molecule has 0 spiro atoms. The maximum absolute atomic E-state index is 12.6. The zero-order valence-electron chi connectivity index (χ0n) is 14.3. The van der Waals surface area contributed by atoms with E-state index >= 15 is 0 Å². The lowest BCUT2D eigenvalue weighted by Crippen LogP contribution is -2.14. The highest BCUT2D eigenvalue weighted by molar-refractivity contribution is 9.10. The second-order valence-electron chi connectivity index (χ2n) is 5.92. The van der Waals surface area contributed by atoms with Crippen molar-refractivity contribution in [1.29, 1.82) is 0 Å². The molecule has 26 heavy (non-hydrogen) atoms. The molecule has 1 aromatic heterocycles. The number of halogens is 1. The van der Waals surface area contributed by atoms with E-state index in [1.165, 1.54) is 19.2 Å². The molecule has 138 valence electrons. The predicted molar refractivity (Wildman–Crippen MR) is 108 cm³/mol. The van der Waals surface area contributed by atoms with E-state index in [9.17, 15) is 13.2 Å². The molecule has 0 saturated carbocycles. The van der Waals surface area contributed by atoms with Crippen LogP contribution in [0, 0.1) is 0 Å². The lowest BCUT2D eigenvalue weighted by atomic mass is 10.3. The number of benzene rings is 2. The van der Waals surface area contributed by atoms with Crippen molar-refractivity contribution in [2.24, 2.45) is 0 Å². The Morgan fingerprint density at radius 3 is 2.54 bits per heavy atom. The van der Waals surface area contributed by atoms with Crippen LogP contribution in [0.1, 0.15) is 19.9 Å². The molecule has 1 heterocycles. The highest BCUT2D eigenvalue weighted by Crippen LogP contribution is 2.29. The average Bonchev–Trinajstić information content (AvgIpc) is 2.89. The third kappa shape index (κ3) is 3.51. The Morgan fingerprint density at radius 2 is 1.92 bits per heavy atom. The van der Waals surface area contributed by atoms with Crippen molar-refractivity contribution in [3.63, 3.8) is 0 Å². The normalized spacial score (nSPS) is 11.9. The van der Waals surface area contributed by atoms with Crippen molar-refractivity contribution < 1.29 is 13.2 Å². The van der Waals surface area contributed by atoms with Crippen molar-refractivity contribution in [2.45, 2.75) is 24.8 Å². The molecule has 3 aromatic rings. The standard InChI is InChI=1S/C17H17BrN2O4S2/c1-10(2)20-14-6-4-11(8-16(14)25-17(20)21)19-26(22,23)12-5-7-15(24-3)13(18)9-12/h4-10,19H,1-3H3. The Morgan fingerprint density at radius 1 is 1.19 bits per heavy atom. The number of nitrogens with one attached hydrogen (secondary N) is 1. The minimum absolute atomic E-state index is 0.0374. The molecule has 2 aromatic carbocycles. The fourth-order valence-electron chi connectivity index (χ4n) is 2.62. The molecule has 0 aliphatic carbocycles. The Labute approximate surface area is 163 Å². The highest BCUT2D eigenvalue weighted by Gasteiger charge is 2.17. The molecule has 0 radical (unpaired) electrons. The number of ether oxygens (including phenoxy) is 1. The van der Waals surface area contributed by atoms with Gasteiger partial charge < -0.3 is 4.74 Å². The maximum atomic E-state index is 12.6. The lowest BCUT2D eigenvalue weighted by molar-refractivity contribution is 0.411. The van der Waals surface area contributed by atoms with E-state index < -0.39 is 10.0 Å². The van der Waals surface area contributed by atoms with E-state index in [4.69, 9.17) is 4.74 Å². The van der Waals surface area contributed by atoms with Crippen molar-refractivity contribution in [1.82, 2.24) is 4.57 Å². The maximum Gasteiger partial charge on any atom is 0.308 e. The first kappa shape index (κ1) is 18.9. The van der Waals surface area contributed by atoms with E-state index in [-0.39, 0.29) is 15.8 Å². The molecule has 6 nitrogen and oxygen atoms in total. The second kappa shape index (κ2) is 7.05. The Kier molecular flexibility index (Phi) is 5.14. The Bertz CT molecular complexity index is 1130. The van der Waals surface area contributed by atoms with E-state index in [2.05, 4.69) is 20.7 Å². The van der Waals surface area contributed by atoms with Gasteiger partial charge in [-0.3, -0.25) is 14.1 Å². The van der Waals surface area contributed by atoms with Crippen LogP contribution in [0.2, 0.25) is 0 Å². The third-order valence-electron chi connectivity index (χ3n) is 3.82. The fourth-order valence-corrected chi connectivity index (χ4v) is 5.44. The first-order valence-electron chi connectivity index (χ1n) is 7.74. The van der Waals surface area contributed by atoms with E-state index in [0.717, 1.165) is 21.6 Å². The van der Waals surface area contributed by atoms with Gasteiger partial charge in [-0.05, 0) is 66.2 Å². The number of fused-ring (bicyclic) bond motifs is 1. The van der Waals surface area contributed by atoms with Crippen molar-refractivity contribution in [3.8, 4) is 5.75 Å². The molecule has 0 unspecified atom stereocenters. The fraction of sp³-hybridized carbons (Fsp3) is 0.235. The van der Waals surface area contributed by atoms with Gasteiger partial charge in [0, 0.05) is 6.04 Å². The van der Waals surface area contributed by atoms with Gasteiger partial charge in [0.2, 0.25) is 0 Å². The topological polar surface area (TPSA) is 77.4 Å². The van der Waals surface area contributed by atoms with E-state index in [1.807, 2.05) is 13.8 Å². The number of methoxy groups -OCH3 is 1. The highest BCUT2D eigenvalue weighted by atomic mass is 79.9. The number of hydrogen-bond donors (Lipinski definition) is 1. The molecular formula is C17H17BrN2O4S2. The van der Waals surface area contributed by atoms with Gasteiger partial charge >= 0.3 is 4.87 Å². The number of anilines is 1. The van der Waals surface area contributed by atoms with Gasteiger partial charge in [-0.15, -0.1) is 0 Å². The molecule has 0 aliphatic rings. The molecule has 3 rings (SSSR count). The van der Waals surface area contributed by atoms with Gasteiger partial charge in [-0.2, -0.15) is 0 Å². The monoisotopic (exact) mass is 456 g/mol. The summed E-state index contributed by atoms with van der Waals surface area (Å²) in [6.45, 7) is 3.87. The van der Waals surface area contributed by atoms with Crippen molar-refractivity contribution in [3.05, 3.63) is 50.5 Å². The summed E-state index contributed by atoms with van der Waals surface area (Å²) in [6, 6.07) is 9.66. The van der Waals surface area contributed by atoms with Gasteiger partial charge in [0.25, 0.3) is 10.0 Å². The summed E-state index contributed by atoms with van der Waals surface area (Å²) in [5, 5.41) is 0. The summed E-state index contributed by atoms with van der Waals surface area (Å²) in [4.78, 5) is 12.2. The quantitative estimate of drug-likeness (QED) is 0.623. The predicted octanol–water partition coefficient (Wildman–Crippen LogP) is 4.22. The molecule has 9 heteroatoms. The third-order valence-corrected chi connectivity index (χ3v) is 6.73. The smallest absolute Gasteiger partial charge is 0.308 e. The number of hydrogen-bond acceptors (Lipinski definition) is 5. The average molecular weight is 457 g/mol. The van der Waals surface area contributed by atoms with Gasteiger partial charge in [-0.25, -0.2) is 8.42 Å². The second-order valence-corrected chi connectivity index (χ2v) is 9.45. The number of aromatic nitrogens is 1. The Balaban J connectivity index is 1.97. The van der Waals surface area contributed by atoms with Crippen LogP contribution < -0.4 is 14.3 Å². The SMILES string of the molecule is COc1ccc(S(=O)(=O)Nc2ccc3c(c2)sc(=O)n3C(C)C)cc1Br. The van der Waals surface area contributed by atoms with Crippen LogP contribution in [0.5, 0.6) is 5.75 Å². The number of thiazole rings is 1. The molecule has 0 fully saturated rings. The van der Waals surface area contributed by atoms with E-state index in [0.29, 0.717) is 15.9 Å². The van der Waals surface area contributed by atoms with Gasteiger partial charge in [-0.1, -0.05) is 11.3 Å². The molecule has 0 bridgehead atoms. The van der Waals surface area contributed by atoms with Crippen molar-refractivity contribution in [2.75, 3.05) is 11.8 Å². The first-order valence-corrected chi connectivity index (χ1v) is 10.8. The summed E-state index contributed by atoms with van der Waals surface area (Å²) in [6.07, 6.45) is 0. The molecule has 0 aliphatic heterocycles.